The number of benzene rings is 2. The number of hydrogen-bond acceptors (Lipinski definition) is 11. The summed E-state index contributed by atoms with van der Waals surface area (Å²) in [6.07, 6.45) is 1.58. The molecule has 4 aliphatic rings. The van der Waals surface area contributed by atoms with Gasteiger partial charge in [-0.1, -0.05) is 18.7 Å². The van der Waals surface area contributed by atoms with E-state index in [0.29, 0.717) is 41.4 Å². The third-order valence-corrected chi connectivity index (χ3v) is 8.99. The van der Waals surface area contributed by atoms with Gasteiger partial charge in [-0.05, 0) is 44.9 Å². The number of likely N-dealkylation sites (N-methyl/N-ethyl adjacent to an activating group) is 1. The summed E-state index contributed by atoms with van der Waals surface area (Å²) < 4.78 is 28.4. The van der Waals surface area contributed by atoms with Crippen LogP contribution in [0.25, 0.3) is 0 Å². The van der Waals surface area contributed by atoms with Gasteiger partial charge in [-0.25, -0.2) is 4.79 Å². The maximum Gasteiger partial charge on any atom is 0.514 e. The van der Waals surface area contributed by atoms with E-state index >= 15 is 0 Å². The largest absolute Gasteiger partial charge is 0.514 e. The van der Waals surface area contributed by atoms with Crippen molar-refractivity contribution in [1.29, 1.82) is 5.26 Å². The maximum atomic E-state index is 12.7. The van der Waals surface area contributed by atoms with Crippen LogP contribution in [0, 0.1) is 25.2 Å². The van der Waals surface area contributed by atoms with Gasteiger partial charge < -0.3 is 34.5 Å². The summed E-state index contributed by atoms with van der Waals surface area (Å²) in [6, 6.07) is 2.95. The third kappa shape index (κ3) is 3.85. The number of fused-ring (bicyclic) bond motifs is 9. The Morgan fingerprint density at radius 2 is 2.00 bits per heavy atom. The van der Waals surface area contributed by atoms with Crippen molar-refractivity contribution in [2.75, 3.05) is 34.1 Å². The molecule has 41 heavy (non-hydrogen) atoms. The number of nitriles is 1. The quantitative estimate of drug-likeness (QED) is 0.315. The Morgan fingerprint density at radius 1 is 1.24 bits per heavy atom. The Balaban J connectivity index is 1.57. The van der Waals surface area contributed by atoms with Crippen LogP contribution in [0.5, 0.6) is 28.7 Å². The summed E-state index contributed by atoms with van der Waals surface area (Å²) in [5.41, 5.74) is 11.2. The van der Waals surface area contributed by atoms with Crippen molar-refractivity contribution < 1.29 is 33.6 Å². The summed E-state index contributed by atoms with van der Waals surface area (Å²) >= 11 is 0. The van der Waals surface area contributed by atoms with E-state index in [1.807, 2.05) is 20.9 Å². The fourth-order valence-electron chi connectivity index (χ4n) is 7.44. The highest BCUT2D eigenvalue weighted by molar-refractivity contribution is 5.72. The standard InChI is InChI=1S/C30H34N4O7/c1-6-7-38-30(36)41-27-15(3)28-29(40-13-39-28)23-17(27)10-19-24-22-16(8-14(2)26(37-5)25(22)35)9-18(33(24)4)20(11-31)34(19)21(23)12-32/h6,8,18-21,24,35H,1,7,9-10,12-13,32H2,2-5H3/t18-,19?,20-,21-,24-/m0/s1. The van der Waals surface area contributed by atoms with Gasteiger partial charge in [0.05, 0.1) is 25.3 Å². The molecule has 216 valence electrons. The summed E-state index contributed by atoms with van der Waals surface area (Å²) in [5, 5.41) is 22.1. The summed E-state index contributed by atoms with van der Waals surface area (Å²) in [6.45, 7) is 7.50. The predicted molar refractivity (Wildman–Crippen MR) is 147 cm³/mol. The zero-order chi connectivity index (χ0) is 29.2. The average molecular weight is 563 g/mol. The molecule has 0 saturated carbocycles. The van der Waals surface area contributed by atoms with Crippen molar-refractivity contribution in [3.05, 3.63) is 52.1 Å². The summed E-state index contributed by atoms with van der Waals surface area (Å²) in [5.74, 6) is 1.91. The number of carbonyl (C=O) groups is 1. The third-order valence-electron chi connectivity index (χ3n) is 8.99. The minimum atomic E-state index is -0.864. The first-order valence-electron chi connectivity index (χ1n) is 13.7. The van der Waals surface area contributed by atoms with Gasteiger partial charge in [-0.15, -0.1) is 0 Å². The Labute approximate surface area is 238 Å². The number of hydrogen-bond donors (Lipinski definition) is 2. The monoisotopic (exact) mass is 562 g/mol. The number of nitrogens with two attached hydrogens (primary N) is 1. The van der Waals surface area contributed by atoms with Crippen molar-refractivity contribution in [1.82, 2.24) is 9.80 Å². The summed E-state index contributed by atoms with van der Waals surface area (Å²) in [7, 11) is 3.54. The highest BCUT2D eigenvalue weighted by Crippen LogP contribution is 2.58. The molecule has 4 aliphatic heterocycles. The van der Waals surface area contributed by atoms with Crippen molar-refractivity contribution in [2.24, 2.45) is 5.73 Å². The van der Waals surface area contributed by atoms with Crippen LogP contribution in [0.15, 0.2) is 18.7 Å². The van der Waals surface area contributed by atoms with E-state index in [2.05, 4.69) is 28.5 Å². The van der Waals surface area contributed by atoms with Crippen molar-refractivity contribution >= 4 is 6.16 Å². The van der Waals surface area contributed by atoms with Gasteiger partial charge in [0.15, 0.2) is 23.0 Å². The molecular weight excluding hydrogens is 528 g/mol. The molecule has 0 aliphatic carbocycles. The van der Waals surface area contributed by atoms with Crippen LogP contribution >= 0.6 is 0 Å². The molecule has 0 spiro atoms. The lowest BCUT2D eigenvalue weighted by Gasteiger charge is -2.59. The Kier molecular flexibility index (Phi) is 6.72. The number of methoxy groups -OCH3 is 1. The van der Waals surface area contributed by atoms with E-state index in [0.717, 1.165) is 27.8 Å². The number of aryl methyl sites for hydroxylation is 1. The van der Waals surface area contributed by atoms with Crippen LogP contribution in [-0.4, -0.2) is 73.3 Å². The number of phenols is 1. The first-order valence-corrected chi connectivity index (χ1v) is 13.7. The molecule has 0 radical (unpaired) electrons. The summed E-state index contributed by atoms with van der Waals surface area (Å²) in [4.78, 5) is 17.0. The molecule has 2 aromatic carbocycles. The van der Waals surface area contributed by atoms with Gasteiger partial charge >= 0.3 is 6.16 Å². The minimum absolute atomic E-state index is 0.00185. The zero-order valence-electron chi connectivity index (χ0n) is 23.6. The van der Waals surface area contributed by atoms with E-state index in [1.165, 1.54) is 6.08 Å². The van der Waals surface area contributed by atoms with Gasteiger partial charge in [0.25, 0.3) is 0 Å². The van der Waals surface area contributed by atoms with Gasteiger partial charge in [-0.2, -0.15) is 5.26 Å². The van der Waals surface area contributed by atoms with Gasteiger partial charge in [0, 0.05) is 40.9 Å². The highest BCUT2D eigenvalue weighted by atomic mass is 16.7. The van der Waals surface area contributed by atoms with Crippen LogP contribution < -0.4 is 24.7 Å². The van der Waals surface area contributed by atoms with E-state index in [9.17, 15) is 15.2 Å². The number of piperazine rings is 1. The van der Waals surface area contributed by atoms with Crippen LogP contribution in [0.3, 0.4) is 0 Å². The molecule has 1 unspecified atom stereocenters. The molecule has 0 aromatic heterocycles. The molecule has 0 amide bonds. The normalized spacial score (nSPS) is 25.8. The lowest BCUT2D eigenvalue weighted by Crippen LogP contribution is -2.68. The number of phenolic OH excluding ortho intramolecular Hbond substituents is 1. The Morgan fingerprint density at radius 3 is 2.68 bits per heavy atom. The first kappa shape index (κ1) is 27.2. The molecule has 11 heteroatoms. The molecular formula is C30H34N4O7. The number of carbonyl (C=O) groups excluding carboxylic acids is 1. The van der Waals surface area contributed by atoms with Crippen LogP contribution in [0.4, 0.5) is 4.79 Å². The molecule has 2 bridgehead atoms. The number of nitrogens with zero attached hydrogens (tertiary/aromatic N) is 3. The molecule has 5 atom stereocenters. The van der Waals surface area contributed by atoms with E-state index in [4.69, 9.17) is 29.4 Å². The molecule has 2 aromatic rings. The van der Waals surface area contributed by atoms with Crippen molar-refractivity contribution in [3.8, 4) is 34.8 Å². The number of ether oxygens (including phenoxy) is 5. The Hall–Kier alpha value is -3.98. The predicted octanol–water partition coefficient (Wildman–Crippen LogP) is 3.18. The SMILES string of the molecule is C=CCOC(=O)Oc1c(C)c2c(c3c1CC1[C@H]4c5c(cc(C)c(OC)c5O)C[C@@H]([C@H](C#N)N1[C@H]3CN)N4C)OCO2. The topological polar surface area (TPSA) is 140 Å². The van der Waals surface area contributed by atoms with E-state index < -0.39 is 18.2 Å². The number of aromatic hydroxyl groups is 1. The van der Waals surface area contributed by atoms with E-state index in [1.54, 1.807) is 7.11 Å². The maximum absolute atomic E-state index is 12.7. The Bertz CT molecular complexity index is 1480. The van der Waals surface area contributed by atoms with Gasteiger partial charge in [0.1, 0.15) is 18.4 Å². The van der Waals surface area contributed by atoms with Crippen molar-refractivity contribution in [3.63, 3.8) is 0 Å². The molecule has 1 fully saturated rings. The van der Waals surface area contributed by atoms with Crippen molar-refractivity contribution in [2.45, 2.75) is 56.9 Å². The molecule has 11 nitrogen and oxygen atoms in total. The smallest absolute Gasteiger partial charge is 0.504 e. The molecule has 1 saturated heterocycles. The highest BCUT2D eigenvalue weighted by Gasteiger charge is 2.56. The molecule has 6 rings (SSSR count). The van der Waals surface area contributed by atoms with E-state index in [-0.39, 0.29) is 43.8 Å². The lowest BCUT2D eigenvalue weighted by molar-refractivity contribution is -0.0710. The minimum Gasteiger partial charge on any atom is -0.504 e. The number of rotatable bonds is 5. The van der Waals surface area contributed by atoms with Gasteiger partial charge in [-0.3, -0.25) is 9.80 Å². The van der Waals surface area contributed by atoms with Gasteiger partial charge in [0.2, 0.25) is 6.79 Å². The molecule has 3 N–H and O–H groups in total. The fourth-order valence-corrected chi connectivity index (χ4v) is 7.44. The van der Waals surface area contributed by atoms with Crippen LogP contribution in [0.1, 0.15) is 45.5 Å². The average Bonchev–Trinajstić information content (AvgIpc) is 3.44. The first-order chi connectivity index (χ1) is 19.8. The fraction of sp³-hybridized carbons (Fsp3) is 0.467. The second-order valence-electron chi connectivity index (χ2n) is 10.9. The second kappa shape index (κ2) is 10.1. The molecule has 4 heterocycles. The zero-order valence-corrected chi connectivity index (χ0v) is 23.6. The van der Waals surface area contributed by atoms with Crippen LogP contribution in [-0.2, 0) is 17.6 Å². The second-order valence-corrected chi connectivity index (χ2v) is 10.9. The lowest BCUT2D eigenvalue weighted by atomic mass is 9.71. The van der Waals surface area contributed by atoms with Crippen LogP contribution in [0.2, 0.25) is 0 Å².